The van der Waals surface area contributed by atoms with Gasteiger partial charge in [-0.25, -0.2) is 4.98 Å². The lowest BCUT2D eigenvalue weighted by molar-refractivity contribution is -0.137. The second kappa shape index (κ2) is 5.01. The fourth-order valence-corrected chi connectivity index (χ4v) is 1.71. The summed E-state index contributed by atoms with van der Waals surface area (Å²) in [5, 5.41) is 0.167. The van der Waals surface area contributed by atoms with E-state index in [4.69, 9.17) is 11.6 Å². The minimum atomic E-state index is -4.58. The summed E-state index contributed by atoms with van der Waals surface area (Å²) < 4.78 is 38.4. The average molecular weight is 286 g/mol. The first-order chi connectivity index (χ1) is 8.89. The maximum Gasteiger partial charge on any atom is 0.417 e. The van der Waals surface area contributed by atoms with Gasteiger partial charge in [-0.2, -0.15) is 13.2 Å². The predicted octanol–water partition coefficient (Wildman–Crippen LogP) is 3.98. The van der Waals surface area contributed by atoms with Gasteiger partial charge in [-0.3, -0.25) is 4.79 Å². The third kappa shape index (κ3) is 2.93. The molecule has 0 aliphatic carbocycles. The Hall–Kier alpha value is -1.88. The summed E-state index contributed by atoms with van der Waals surface area (Å²) in [6, 6.07) is 7.32. The summed E-state index contributed by atoms with van der Waals surface area (Å²) in [6.07, 6.45) is -3.43. The molecule has 0 aliphatic rings. The standard InChI is InChI=1S/C13H7ClF3NO/c14-11-6-5-8(7-18-11)12(19)9-3-1-2-4-10(9)13(15,16)17/h1-7H. The molecule has 1 aromatic carbocycles. The molecule has 2 rings (SSSR count). The minimum Gasteiger partial charge on any atom is -0.289 e. The Balaban J connectivity index is 2.48. The number of pyridine rings is 1. The minimum absolute atomic E-state index is 0.0566. The highest BCUT2D eigenvalue weighted by Gasteiger charge is 2.34. The zero-order chi connectivity index (χ0) is 14.0. The molecule has 0 saturated heterocycles. The van der Waals surface area contributed by atoms with Gasteiger partial charge in [0.05, 0.1) is 5.56 Å². The van der Waals surface area contributed by atoms with Gasteiger partial charge in [0.2, 0.25) is 0 Å². The van der Waals surface area contributed by atoms with Crippen molar-refractivity contribution in [3.8, 4) is 0 Å². The number of hydrogen-bond acceptors (Lipinski definition) is 2. The van der Waals surface area contributed by atoms with Crippen LogP contribution in [0.1, 0.15) is 21.5 Å². The zero-order valence-electron chi connectivity index (χ0n) is 9.41. The zero-order valence-corrected chi connectivity index (χ0v) is 10.2. The summed E-state index contributed by atoms with van der Waals surface area (Å²) in [7, 11) is 0. The number of hydrogen-bond donors (Lipinski definition) is 0. The maximum absolute atomic E-state index is 12.8. The van der Waals surface area contributed by atoms with Crippen molar-refractivity contribution in [2.45, 2.75) is 6.18 Å². The van der Waals surface area contributed by atoms with Crippen molar-refractivity contribution in [2.75, 3.05) is 0 Å². The summed E-state index contributed by atoms with van der Waals surface area (Å²) in [5.41, 5.74) is -1.31. The van der Waals surface area contributed by atoms with E-state index in [1.807, 2.05) is 0 Å². The van der Waals surface area contributed by atoms with Gasteiger partial charge in [-0.05, 0) is 18.2 Å². The molecule has 0 unspecified atom stereocenters. The van der Waals surface area contributed by atoms with E-state index in [-0.39, 0.29) is 10.7 Å². The lowest BCUT2D eigenvalue weighted by Crippen LogP contribution is -2.13. The molecule has 6 heteroatoms. The molecule has 19 heavy (non-hydrogen) atoms. The molecule has 0 radical (unpaired) electrons. The lowest BCUT2D eigenvalue weighted by Gasteiger charge is -2.11. The summed E-state index contributed by atoms with van der Waals surface area (Å²) in [5.74, 6) is -0.739. The highest BCUT2D eigenvalue weighted by molar-refractivity contribution is 6.29. The van der Waals surface area contributed by atoms with Crippen LogP contribution in [0, 0.1) is 0 Å². The molecule has 98 valence electrons. The number of ketones is 1. The maximum atomic E-state index is 12.8. The second-order valence-corrected chi connectivity index (χ2v) is 4.13. The Morgan fingerprint density at radius 2 is 1.79 bits per heavy atom. The molecule has 0 amide bonds. The molecular formula is C13H7ClF3NO. The number of halogens is 4. The van der Waals surface area contributed by atoms with Gasteiger partial charge in [0.25, 0.3) is 0 Å². The molecule has 0 N–H and O–H groups in total. The molecule has 2 aromatic rings. The van der Waals surface area contributed by atoms with Crippen LogP contribution in [0.15, 0.2) is 42.6 Å². The number of alkyl halides is 3. The lowest BCUT2D eigenvalue weighted by atomic mass is 9.99. The number of carbonyl (C=O) groups excluding carboxylic acids is 1. The summed E-state index contributed by atoms with van der Waals surface area (Å²) in [4.78, 5) is 15.7. The predicted molar refractivity (Wildman–Crippen MR) is 64.1 cm³/mol. The van der Waals surface area contributed by atoms with Crippen molar-refractivity contribution in [2.24, 2.45) is 0 Å². The van der Waals surface area contributed by atoms with Crippen LogP contribution in [-0.4, -0.2) is 10.8 Å². The Kier molecular flexibility index (Phi) is 3.57. The Morgan fingerprint density at radius 3 is 2.37 bits per heavy atom. The van der Waals surface area contributed by atoms with Crippen LogP contribution in [-0.2, 0) is 6.18 Å². The van der Waals surface area contributed by atoms with Gasteiger partial charge in [0.15, 0.2) is 5.78 Å². The van der Waals surface area contributed by atoms with Crippen LogP contribution < -0.4 is 0 Å². The van der Waals surface area contributed by atoms with Crippen LogP contribution in [0.2, 0.25) is 5.15 Å². The Morgan fingerprint density at radius 1 is 1.11 bits per heavy atom. The molecule has 0 atom stereocenters. The smallest absolute Gasteiger partial charge is 0.289 e. The van der Waals surface area contributed by atoms with Crippen LogP contribution in [0.3, 0.4) is 0 Å². The van der Waals surface area contributed by atoms with E-state index < -0.39 is 23.1 Å². The molecule has 0 fully saturated rings. The first-order valence-corrected chi connectivity index (χ1v) is 5.60. The normalized spacial score (nSPS) is 11.4. The molecule has 0 bridgehead atoms. The van der Waals surface area contributed by atoms with E-state index >= 15 is 0 Å². The van der Waals surface area contributed by atoms with Gasteiger partial charge in [0.1, 0.15) is 5.15 Å². The van der Waals surface area contributed by atoms with Crippen molar-refractivity contribution in [1.29, 1.82) is 0 Å². The highest BCUT2D eigenvalue weighted by Crippen LogP contribution is 2.32. The van der Waals surface area contributed by atoms with Gasteiger partial charge in [-0.1, -0.05) is 29.8 Å². The number of carbonyl (C=O) groups is 1. The molecule has 2 nitrogen and oxygen atoms in total. The largest absolute Gasteiger partial charge is 0.417 e. The molecule has 0 spiro atoms. The van der Waals surface area contributed by atoms with E-state index in [0.717, 1.165) is 18.3 Å². The van der Waals surface area contributed by atoms with Gasteiger partial charge in [-0.15, -0.1) is 0 Å². The first-order valence-electron chi connectivity index (χ1n) is 5.22. The van der Waals surface area contributed by atoms with E-state index in [2.05, 4.69) is 4.98 Å². The number of benzene rings is 1. The van der Waals surface area contributed by atoms with Crippen molar-refractivity contribution >= 4 is 17.4 Å². The van der Waals surface area contributed by atoms with Gasteiger partial charge >= 0.3 is 6.18 Å². The van der Waals surface area contributed by atoms with E-state index in [1.165, 1.54) is 24.3 Å². The van der Waals surface area contributed by atoms with Gasteiger partial charge in [0, 0.05) is 17.3 Å². The molecular weight excluding hydrogens is 279 g/mol. The van der Waals surface area contributed by atoms with Crippen molar-refractivity contribution in [1.82, 2.24) is 4.98 Å². The van der Waals surface area contributed by atoms with Crippen molar-refractivity contribution in [3.05, 3.63) is 64.4 Å². The van der Waals surface area contributed by atoms with Gasteiger partial charge < -0.3 is 0 Å². The molecule has 1 heterocycles. The van der Waals surface area contributed by atoms with E-state index in [0.29, 0.717) is 0 Å². The summed E-state index contributed by atoms with van der Waals surface area (Å²) in [6.45, 7) is 0. The van der Waals surface area contributed by atoms with Crippen LogP contribution >= 0.6 is 11.6 Å². The third-order valence-corrected chi connectivity index (χ3v) is 2.69. The SMILES string of the molecule is O=C(c1ccc(Cl)nc1)c1ccccc1C(F)(F)F. The topological polar surface area (TPSA) is 30.0 Å². The molecule has 0 aliphatic heterocycles. The van der Waals surface area contributed by atoms with Crippen LogP contribution in [0.4, 0.5) is 13.2 Å². The van der Waals surface area contributed by atoms with Crippen LogP contribution in [0.25, 0.3) is 0 Å². The average Bonchev–Trinajstić information content (AvgIpc) is 2.38. The molecule has 0 saturated carbocycles. The fraction of sp³-hybridized carbons (Fsp3) is 0.0769. The first kappa shape index (κ1) is 13.5. The van der Waals surface area contributed by atoms with Crippen molar-refractivity contribution in [3.63, 3.8) is 0 Å². The van der Waals surface area contributed by atoms with E-state index in [1.54, 1.807) is 0 Å². The highest BCUT2D eigenvalue weighted by atomic mass is 35.5. The van der Waals surface area contributed by atoms with Crippen LogP contribution in [0.5, 0.6) is 0 Å². The monoisotopic (exact) mass is 285 g/mol. The fourth-order valence-electron chi connectivity index (χ4n) is 1.59. The quantitative estimate of drug-likeness (QED) is 0.617. The van der Waals surface area contributed by atoms with Crippen molar-refractivity contribution < 1.29 is 18.0 Å². The second-order valence-electron chi connectivity index (χ2n) is 3.74. The Labute approximate surface area is 111 Å². The Bertz CT molecular complexity index is 608. The number of nitrogens with zero attached hydrogens (tertiary/aromatic N) is 1. The molecule has 1 aromatic heterocycles. The third-order valence-electron chi connectivity index (χ3n) is 2.47. The number of rotatable bonds is 2. The summed E-state index contributed by atoms with van der Waals surface area (Å²) >= 11 is 5.56. The number of aromatic nitrogens is 1. The van der Waals surface area contributed by atoms with E-state index in [9.17, 15) is 18.0 Å².